The molecule has 0 spiro atoms. The van der Waals surface area contributed by atoms with E-state index >= 15 is 0 Å². The predicted molar refractivity (Wildman–Crippen MR) is 54.9 cm³/mol. The molecular weight excluding hydrogens is 299 g/mol. The minimum Gasteiger partial charge on any atom is -0.355 e. The summed E-state index contributed by atoms with van der Waals surface area (Å²) in [5, 5.41) is -0.366. The fraction of sp³-hybridized carbons (Fsp3) is 0.250. The summed E-state index contributed by atoms with van der Waals surface area (Å²) >= 11 is 5.42. The molecule has 0 atom stereocenters. The number of hydrogen-bond acceptors (Lipinski definition) is 5. The number of halogens is 4. The molecule has 0 aliphatic carbocycles. The molecule has 0 amide bonds. The van der Waals surface area contributed by atoms with E-state index < -0.39 is 27.3 Å². The third-order valence-electron chi connectivity index (χ3n) is 1.66. The summed E-state index contributed by atoms with van der Waals surface area (Å²) in [7, 11) is -5.84. The van der Waals surface area contributed by atoms with Gasteiger partial charge in [0.05, 0.1) is 0 Å². The lowest BCUT2D eigenvalue weighted by molar-refractivity contribution is -0.0501. The molecule has 0 saturated heterocycles. The maximum Gasteiger partial charge on any atom is 0.534 e. The lowest BCUT2D eigenvalue weighted by atomic mass is 10.2. The number of hydrogen-bond donors (Lipinski definition) is 0. The second kappa shape index (κ2) is 4.73. The van der Waals surface area contributed by atoms with Crippen molar-refractivity contribution in [2.75, 3.05) is 0 Å². The van der Waals surface area contributed by atoms with E-state index in [0.717, 1.165) is 19.1 Å². The molecular formula is C8H5ClF3NO4S. The van der Waals surface area contributed by atoms with E-state index in [1.54, 1.807) is 0 Å². The first kappa shape index (κ1) is 14.7. The number of nitrogens with zero attached hydrogens (tertiary/aromatic N) is 1. The first-order valence-corrected chi connectivity index (χ1v) is 6.01. The van der Waals surface area contributed by atoms with E-state index in [1.807, 2.05) is 0 Å². The Morgan fingerprint density at radius 3 is 2.39 bits per heavy atom. The van der Waals surface area contributed by atoms with E-state index in [1.165, 1.54) is 0 Å². The van der Waals surface area contributed by atoms with Crippen molar-refractivity contribution in [2.45, 2.75) is 12.4 Å². The minimum atomic E-state index is -5.84. The highest BCUT2D eigenvalue weighted by molar-refractivity contribution is 7.87. The SMILES string of the molecule is CC(=O)c1cc(Cl)nc(OS(=O)(=O)C(F)(F)F)c1. The number of alkyl halides is 3. The van der Waals surface area contributed by atoms with E-state index in [2.05, 4.69) is 9.17 Å². The van der Waals surface area contributed by atoms with Crippen molar-refractivity contribution in [3.8, 4) is 5.88 Å². The Morgan fingerprint density at radius 1 is 1.39 bits per heavy atom. The van der Waals surface area contributed by atoms with Gasteiger partial charge in [0, 0.05) is 11.6 Å². The van der Waals surface area contributed by atoms with Gasteiger partial charge in [-0.2, -0.15) is 21.6 Å². The largest absolute Gasteiger partial charge is 0.534 e. The van der Waals surface area contributed by atoms with Crippen LogP contribution < -0.4 is 4.18 Å². The quantitative estimate of drug-likeness (QED) is 0.370. The van der Waals surface area contributed by atoms with Gasteiger partial charge in [0.25, 0.3) is 0 Å². The van der Waals surface area contributed by atoms with Gasteiger partial charge in [-0.1, -0.05) is 11.6 Å². The van der Waals surface area contributed by atoms with Gasteiger partial charge in [0.2, 0.25) is 5.88 Å². The van der Waals surface area contributed by atoms with Gasteiger partial charge in [-0.05, 0) is 13.0 Å². The number of ketones is 1. The Bertz CT molecular complexity index is 584. The summed E-state index contributed by atoms with van der Waals surface area (Å²) in [6, 6.07) is 1.81. The van der Waals surface area contributed by atoms with Crippen molar-refractivity contribution >= 4 is 27.5 Å². The van der Waals surface area contributed by atoms with Crippen molar-refractivity contribution in [3.05, 3.63) is 22.8 Å². The average Bonchev–Trinajstić information content (AvgIpc) is 2.13. The molecule has 1 aromatic rings. The van der Waals surface area contributed by atoms with Gasteiger partial charge in [0.1, 0.15) is 5.15 Å². The minimum absolute atomic E-state index is 0.123. The number of aromatic nitrogens is 1. The average molecular weight is 304 g/mol. The predicted octanol–water partition coefficient (Wildman–Crippen LogP) is 2.17. The molecule has 18 heavy (non-hydrogen) atoms. The highest BCUT2D eigenvalue weighted by atomic mass is 35.5. The van der Waals surface area contributed by atoms with E-state index in [-0.39, 0.29) is 10.7 Å². The zero-order chi connectivity index (χ0) is 14.1. The van der Waals surface area contributed by atoms with Crippen molar-refractivity contribution in [1.29, 1.82) is 0 Å². The molecule has 1 aromatic heterocycles. The lowest BCUT2D eigenvalue weighted by Crippen LogP contribution is -2.28. The summed E-state index contributed by atoms with van der Waals surface area (Å²) in [6.07, 6.45) is 0. The maximum absolute atomic E-state index is 12.0. The van der Waals surface area contributed by atoms with Crippen molar-refractivity contribution in [1.82, 2.24) is 4.98 Å². The number of carbonyl (C=O) groups excluding carboxylic acids is 1. The molecule has 0 saturated carbocycles. The molecule has 0 N–H and O–H groups in total. The van der Waals surface area contributed by atoms with E-state index in [9.17, 15) is 26.4 Å². The van der Waals surface area contributed by atoms with Gasteiger partial charge >= 0.3 is 15.6 Å². The topological polar surface area (TPSA) is 73.3 Å². The van der Waals surface area contributed by atoms with E-state index in [0.29, 0.717) is 0 Å². The molecule has 0 aromatic carbocycles. The Hall–Kier alpha value is -1.35. The van der Waals surface area contributed by atoms with Crippen molar-refractivity contribution in [2.24, 2.45) is 0 Å². The highest BCUT2D eigenvalue weighted by Crippen LogP contribution is 2.27. The zero-order valence-corrected chi connectivity index (χ0v) is 10.2. The van der Waals surface area contributed by atoms with Crippen LogP contribution in [0.25, 0.3) is 0 Å². The van der Waals surface area contributed by atoms with Crippen molar-refractivity contribution < 1.29 is 30.6 Å². The molecule has 0 radical (unpaired) electrons. The number of Topliss-reactive ketones (excluding diaryl/α,β-unsaturated/α-hetero) is 1. The molecule has 5 nitrogen and oxygen atoms in total. The smallest absolute Gasteiger partial charge is 0.355 e. The fourth-order valence-corrected chi connectivity index (χ4v) is 1.48. The summed E-state index contributed by atoms with van der Waals surface area (Å²) in [4.78, 5) is 14.2. The molecule has 10 heteroatoms. The van der Waals surface area contributed by atoms with Crippen LogP contribution in [0.5, 0.6) is 5.88 Å². The van der Waals surface area contributed by atoms with Gasteiger partial charge in [-0.3, -0.25) is 4.79 Å². The van der Waals surface area contributed by atoms with Gasteiger partial charge < -0.3 is 4.18 Å². The Kier molecular flexibility index (Phi) is 3.86. The van der Waals surface area contributed by atoms with E-state index in [4.69, 9.17) is 11.6 Å². The molecule has 0 fully saturated rings. The number of rotatable bonds is 3. The highest BCUT2D eigenvalue weighted by Gasteiger charge is 2.48. The first-order valence-electron chi connectivity index (χ1n) is 4.22. The van der Waals surface area contributed by atoms with Crippen LogP contribution >= 0.6 is 11.6 Å². The molecule has 100 valence electrons. The summed E-state index contributed by atoms with van der Waals surface area (Å²) in [6.45, 7) is 1.12. The molecule has 1 heterocycles. The Balaban J connectivity index is 3.17. The maximum atomic E-state index is 12.0. The number of carbonyl (C=O) groups is 1. The molecule has 0 aliphatic rings. The molecule has 0 unspecified atom stereocenters. The second-order valence-electron chi connectivity index (χ2n) is 3.06. The first-order chi connectivity index (χ1) is 8.03. The van der Waals surface area contributed by atoms with Crippen LogP contribution in [0, 0.1) is 0 Å². The Morgan fingerprint density at radius 2 is 1.94 bits per heavy atom. The second-order valence-corrected chi connectivity index (χ2v) is 4.98. The van der Waals surface area contributed by atoms with Gasteiger partial charge in [0.15, 0.2) is 5.78 Å². The van der Waals surface area contributed by atoms with Gasteiger partial charge in [-0.25, -0.2) is 4.98 Å². The lowest BCUT2D eigenvalue weighted by Gasteiger charge is -2.09. The van der Waals surface area contributed by atoms with Crippen LogP contribution in [-0.2, 0) is 10.1 Å². The van der Waals surface area contributed by atoms with Crippen LogP contribution in [0.2, 0.25) is 5.15 Å². The molecule has 1 rings (SSSR count). The third-order valence-corrected chi connectivity index (χ3v) is 2.81. The third kappa shape index (κ3) is 3.33. The molecule has 0 bridgehead atoms. The zero-order valence-electron chi connectivity index (χ0n) is 8.66. The Labute approximate surface area is 105 Å². The summed E-state index contributed by atoms with van der Waals surface area (Å²) in [5.74, 6) is -1.46. The summed E-state index contributed by atoms with van der Waals surface area (Å²) in [5.41, 5.74) is -5.71. The van der Waals surface area contributed by atoms with Gasteiger partial charge in [-0.15, -0.1) is 0 Å². The summed E-state index contributed by atoms with van der Waals surface area (Å²) < 4.78 is 61.2. The molecule has 0 aliphatic heterocycles. The van der Waals surface area contributed by atoms with Crippen molar-refractivity contribution in [3.63, 3.8) is 0 Å². The fourth-order valence-electron chi connectivity index (χ4n) is 0.878. The van der Waals surface area contributed by atoms with Crippen LogP contribution in [0.4, 0.5) is 13.2 Å². The normalized spacial score (nSPS) is 12.3. The van der Waals surface area contributed by atoms with Crippen LogP contribution in [0.15, 0.2) is 12.1 Å². The standard InChI is InChI=1S/C8H5ClF3NO4S/c1-4(14)5-2-6(9)13-7(3-5)17-18(15,16)8(10,11)12/h2-3H,1H3. The van der Waals surface area contributed by atoms with Crippen LogP contribution in [0.3, 0.4) is 0 Å². The number of pyridine rings is 1. The van der Waals surface area contributed by atoms with Crippen LogP contribution in [0.1, 0.15) is 17.3 Å². The van der Waals surface area contributed by atoms with Crippen LogP contribution in [-0.4, -0.2) is 24.7 Å². The monoisotopic (exact) mass is 303 g/mol.